The van der Waals surface area contributed by atoms with Gasteiger partial charge in [-0.25, -0.2) is 8.42 Å². The van der Waals surface area contributed by atoms with E-state index in [0.717, 1.165) is 0 Å². The van der Waals surface area contributed by atoms with Crippen molar-refractivity contribution >= 4 is 77.9 Å². The van der Waals surface area contributed by atoms with Crippen LogP contribution in [0, 0.1) is 0 Å². The highest BCUT2D eigenvalue weighted by atomic mass is 127. The van der Waals surface area contributed by atoms with Gasteiger partial charge in [-0.3, -0.25) is 0 Å². The van der Waals surface area contributed by atoms with Gasteiger partial charge >= 0.3 is 0 Å². The van der Waals surface area contributed by atoms with Crippen molar-refractivity contribution in [3.8, 4) is 0 Å². The van der Waals surface area contributed by atoms with Crippen molar-refractivity contribution in [2.24, 2.45) is 0 Å². The lowest BCUT2D eigenvalue weighted by atomic mass is 11.9. The van der Waals surface area contributed by atoms with Crippen molar-refractivity contribution < 1.29 is 13.0 Å². The molecule has 0 radical (unpaired) electrons. The van der Waals surface area contributed by atoms with Crippen LogP contribution in [0.25, 0.3) is 0 Å². The first-order valence-electron chi connectivity index (χ1n) is 1.27. The van der Waals surface area contributed by atoms with Crippen molar-refractivity contribution in [2.75, 3.05) is 0 Å². The number of hydrogen-bond donors (Lipinski definition) is 0. The van der Waals surface area contributed by atoms with E-state index in [2.05, 4.69) is 0 Å². The molecule has 0 saturated carbocycles. The molecule has 0 aromatic heterocycles. The average Bonchev–Trinajstić information content (AvgIpc) is 1.25. The fourth-order valence-corrected chi connectivity index (χ4v) is 0. The predicted molar refractivity (Wildman–Crippen MR) is 54.5 cm³/mol. The molecule has 0 unspecified atom stereocenters. The summed E-state index contributed by atoms with van der Waals surface area (Å²) in [6, 6.07) is 0. The first kappa shape index (κ1) is 10.1. The van der Waals surface area contributed by atoms with Crippen LogP contribution >= 0.6 is 67.8 Å². The van der Waals surface area contributed by atoms with Gasteiger partial charge in [0.25, 0.3) is 0 Å². The molecule has 3 nitrogen and oxygen atoms in total. The second-order valence-corrected chi connectivity index (χ2v) is 15.7. The molecule has 8 heavy (non-hydrogen) atoms. The van der Waals surface area contributed by atoms with E-state index in [1.807, 2.05) is 0 Å². The minimum Gasteiger partial charge on any atom is -0.746 e. The fraction of sp³-hybridized carbons (Fsp3) is 1.00. The number of hydrogen-bond acceptors (Lipinski definition) is 3. The molecule has 0 aromatic rings. The van der Waals surface area contributed by atoms with Gasteiger partial charge in [-0.2, -0.15) is 0 Å². The van der Waals surface area contributed by atoms with Gasteiger partial charge in [-0.1, -0.05) is 0 Å². The molecule has 0 fully saturated rings. The van der Waals surface area contributed by atoms with E-state index in [0.29, 0.717) is 0 Å². The molecule has 0 aliphatic heterocycles. The number of halogens is 3. The molecule has 0 aliphatic carbocycles. The van der Waals surface area contributed by atoms with E-state index in [1.54, 1.807) is 67.8 Å². The third kappa shape index (κ3) is 3.31. The molecule has 0 atom stereocenters. The van der Waals surface area contributed by atoms with Crippen molar-refractivity contribution in [1.82, 2.24) is 0 Å². The summed E-state index contributed by atoms with van der Waals surface area (Å²) in [4.78, 5) is 0. The van der Waals surface area contributed by atoms with Crippen LogP contribution in [0.3, 0.4) is 0 Å². The van der Waals surface area contributed by atoms with Gasteiger partial charge in [0.15, 0.2) is 0 Å². The maximum Gasteiger partial charge on any atom is 0.211 e. The summed E-state index contributed by atoms with van der Waals surface area (Å²) in [5.74, 6) is 0. The van der Waals surface area contributed by atoms with Gasteiger partial charge < -0.3 is 4.55 Å². The Labute approximate surface area is 88.2 Å². The largest absolute Gasteiger partial charge is 0.746 e. The van der Waals surface area contributed by atoms with Crippen LogP contribution in [0.15, 0.2) is 0 Å². The lowest BCUT2D eigenvalue weighted by Crippen LogP contribution is -2.15. The zero-order valence-electron chi connectivity index (χ0n) is 3.27. The van der Waals surface area contributed by atoms with Crippen molar-refractivity contribution in [1.29, 1.82) is 0 Å². The quantitative estimate of drug-likeness (QED) is 0.330. The molecular weight excluding hydrogens is 473 g/mol. The summed E-state index contributed by atoms with van der Waals surface area (Å²) in [6.07, 6.45) is 0. The van der Waals surface area contributed by atoms with Gasteiger partial charge in [0, 0.05) is 0 Å². The summed E-state index contributed by atoms with van der Waals surface area (Å²) in [5.41, 5.74) is 0. The van der Waals surface area contributed by atoms with Crippen LogP contribution in [0.2, 0.25) is 0 Å². The van der Waals surface area contributed by atoms with E-state index in [4.69, 9.17) is 0 Å². The lowest BCUT2D eigenvalue weighted by Gasteiger charge is -2.15. The molecule has 0 heterocycles. The molecule has 0 amide bonds. The van der Waals surface area contributed by atoms with Crippen LogP contribution in [0.1, 0.15) is 0 Å². The Hall–Kier alpha value is 2.10. The summed E-state index contributed by atoms with van der Waals surface area (Å²) in [6.45, 7) is 0. The highest BCUT2D eigenvalue weighted by Gasteiger charge is 2.25. The fourth-order valence-electron chi connectivity index (χ4n) is 0. The van der Waals surface area contributed by atoms with Crippen LogP contribution < -0.4 is 0 Å². The molecule has 0 N–H and O–H groups in total. The second-order valence-electron chi connectivity index (χ2n) is 0.900. The van der Waals surface area contributed by atoms with Gasteiger partial charge in [-0.05, 0) is 67.8 Å². The van der Waals surface area contributed by atoms with Gasteiger partial charge in [-0.15, -0.1) is 0 Å². The maximum atomic E-state index is 10.1. The molecule has 0 spiro atoms. The average molecular weight is 473 g/mol. The first-order chi connectivity index (χ1) is 3.25. The van der Waals surface area contributed by atoms with Gasteiger partial charge in [0.05, 0.1) is 0 Å². The van der Waals surface area contributed by atoms with Crippen LogP contribution in [-0.4, -0.2) is 11.7 Å². The molecule has 7 heteroatoms. The Kier molecular flexibility index (Phi) is 3.79. The van der Waals surface area contributed by atoms with Crippen molar-refractivity contribution in [2.45, 2.75) is -1.23 Å². The number of alkyl halides is 3. The minimum atomic E-state index is -4.13. The van der Waals surface area contributed by atoms with Crippen LogP contribution in [0.4, 0.5) is 0 Å². The molecular formula is CI3O3S-. The highest BCUT2D eigenvalue weighted by molar-refractivity contribution is 14.3. The van der Waals surface area contributed by atoms with E-state index in [9.17, 15) is 13.0 Å². The Morgan fingerprint density at radius 3 is 1.38 bits per heavy atom. The Morgan fingerprint density at radius 2 is 1.38 bits per heavy atom. The van der Waals surface area contributed by atoms with E-state index in [1.165, 1.54) is 0 Å². The summed E-state index contributed by atoms with van der Waals surface area (Å²) in [5, 5.41) is 0. The van der Waals surface area contributed by atoms with Crippen molar-refractivity contribution in [3.05, 3.63) is 0 Å². The van der Waals surface area contributed by atoms with E-state index < -0.39 is 8.89 Å². The second kappa shape index (κ2) is 3.00. The topological polar surface area (TPSA) is 57.2 Å². The zero-order valence-corrected chi connectivity index (χ0v) is 10.6. The third-order valence-corrected chi connectivity index (χ3v) is 5.70. The van der Waals surface area contributed by atoms with Crippen LogP contribution in [-0.2, 0) is 10.1 Å². The SMILES string of the molecule is O=S(=O)([O-])C(I)(I)I. The summed E-state index contributed by atoms with van der Waals surface area (Å²) < 4.78 is 29.0. The van der Waals surface area contributed by atoms with E-state index >= 15 is 0 Å². The van der Waals surface area contributed by atoms with Gasteiger partial charge in [0.1, 0.15) is 10.1 Å². The minimum absolute atomic E-state index is 1.24. The molecule has 0 aliphatic rings. The molecule has 0 saturated heterocycles. The third-order valence-electron chi connectivity index (χ3n) is 0.283. The molecule has 0 aromatic carbocycles. The zero-order chi connectivity index (χ0) is 7.00. The molecule has 50 valence electrons. The maximum absolute atomic E-state index is 10.1. The summed E-state index contributed by atoms with van der Waals surface area (Å²) >= 11 is 4.67. The van der Waals surface area contributed by atoms with Crippen LogP contribution in [0.5, 0.6) is 0 Å². The molecule has 0 rings (SSSR count). The normalized spacial score (nSPS) is 14.0. The van der Waals surface area contributed by atoms with Gasteiger partial charge in [0.2, 0.25) is -1.23 Å². The number of rotatable bonds is 1. The first-order valence-corrected chi connectivity index (χ1v) is 5.92. The Morgan fingerprint density at radius 1 is 1.25 bits per heavy atom. The smallest absolute Gasteiger partial charge is 0.211 e. The Bertz CT molecular complexity index is 163. The van der Waals surface area contributed by atoms with Crippen molar-refractivity contribution in [3.63, 3.8) is 0 Å². The summed E-state index contributed by atoms with van der Waals surface area (Å²) in [7, 11) is -4.13. The Balaban J connectivity index is 4.53. The highest BCUT2D eigenvalue weighted by Crippen LogP contribution is 2.39. The lowest BCUT2D eigenvalue weighted by molar-refractivity contribution is 0.467. The van der Waals surface area contributed by atoms with E-state index in [-0.39, 0.29) is 0 Å². The standard InChI is InChI=1S/CHI3O3S/c2-1(3,4)8(5,6)7/h(H,5,6,7)/p-1. The predicted octanol–water partition coefficient (Wildman–Crippen LogP) is 1.45. The monoisotopic (exact) mass is 473 g/mol. The molecule has 0 bridgehead atoms.